The fraction of sp³-hybridized carbons (Fsp3) is 0.455. The second-order valence-corrected chi connectivity index (χ2v) is 4.03. The fourth-order valence-corrected chi connectivity index (χ4v) is 0.990. The normalized spacial score (nSPS) is 10.6. The molecule has 4 nitrogen and oxygen atoms in total. The van der Waals surface area contributed by atoms with Crippen molar-refractivity contribution in [1.29, 1.82) is 0 Å². The van der Waals surface area contributed by atoms with Crippen LogP contribution in [0.25, 0.3) is 0 Å². The van der Waals surface area contributed by atoms with E-state index in [-0.39, 0.29) is 0 Å². The number of rotatable bonds is 3. The van der Waals surface area contributed by atoms with Gasteiger partial charge in [0.15, 0.2) is 0 Å². The highest BCUT2D eigenvalue weighted by molar-refractivity contribution is 5.44. The molecule has 0 amide bonds. The Hall–Kier alpha value is -1.76. The first-order valence-electron chi connectivity index (χ1n) is 4.71. The summed E-state index contributed by atoms with van der Waals surface area (Å²) in [6, 6.07) is 1.80. The molecule has 15 heavy (non-hydrogen) atoms. The third-order valence-corrected chi connectivity index (χ3v) is 1.84. The third kappa shape index (κ3) is 3.13. The number of hydrogen-bond donors (Lipinski definition) is 1. The summed E-state index contributed by atoms with van der Waals surface area (Å²) in [6.07, 6.45) is 7.09. The van der Waals surface area contributed by atoms with Crippen LogP contribution in [0.3, 0.4) is 0 Å². The Morgan fingerprint density at radius 2 is 2.13 bits per heavy atom. The molecular weight excluding hydrogens is 188 g/mol. The first kappa shape index (κ1) is 11.3. The van der Waals surface area contributed by atoms with E-state index in [1.807, 2.05) is 32.8 Å². The van der Waals surface area contributed by atoms with Crippen molar-refractivity contribution in [2.24, 2.45) is 0 Å². The highest BCUT2D eigenvalue weighted by atomic mass is 15.2. The minimum atomic E-state index is -0.405. The average Bonchev–Trinajstić information content (AvgIpc) is 2.17. The van der Waals surface area contributed by atoms with Gasteiger partial charge in [0.2, 0.25) is 5.95 Å². The van der Waals surface area contributed by atoms with E-state index >= 15 is 0 Å². The topological polar surface area (TPSA) is 41.1 Å². The molecule has 0 aliphatic rings. The standard InChI is InChI=1S/C11H16N4/c1-6-11(2,3)14-9-7-8-12-10(13-9)15(4)5/h1,7-8H,2-5H3,(H,12,13,14). The van der Waals surface area contributed by atoms with E-state index in [0.29, 0.717) is 5.95 Å². The van der Waals surface area contributed by atoms with Crippen molar-refractivity contribution in [3.8, 4) is 12.3 Å². The molecule has 1 N–H and O–H groups in total. The Morgan fingerprint density at radius 1 is 1.47 bits per heavy atom. The van der Waals surface area contributed by atoms with Crippen LogP contribution in [0.5, 0.6) is 0 Å². The van der Waals surface area contributed by atoms with Crippen LogP contribution in [-0.2, 0) is 0 Å². The predicted molar refractivity (Wildman–Crippen MR) is 62.9 cm³/mol. The summed E-state index contributed by atoms with van der Waals surface area (Å²) in [7, 11) is 3.79. The van der Waals surface area contributed by atoms with Crippen LogP contribution in [-0.4, -0.2) is 29.6 Å². The summed E-state index contributed by atoms with van der Waals surface area (Å²) >= 11 is 0. The monoisotopic (exact) mass is 204 g/mol. The smallest absolute Gasteiger partial charge is 0.226 e. The molecule has 4 heteroatoms. The van der Waals surface area contributed by atoms with Crippen LogP contribution in [0.2, 0.25) is 0 Å². The van der Waals surface area contributed by atoms with Crippen molar-refractivity contribution in [2.75, 3.05) is 24.3 Å². The highest BCUT2D eigenvalue weighted by Crippen LogP contribution is 2.13. The van der Waals surface area contributed by atoms with Gasteiger partial charge in [-0.1, -0.05) is 5.92 Å². The molecule has 0 saturated carbocycles. The molecule has 0 bridgehead atoms. The van der Waals surface area contributed by atoms with Gasteiger partial charge < -0.3 is 10.2 Å². The largest absolute Gasteiger partial charge is 0.354 e. The van der Waals surface area contributed by atoms with Gasteiger partial charge in [-0.25, -0.2) is 4.98 Å². The minimum Gasteiger partial charge on any atom is -0.354 e. The second kappa shape index (κ2) is 4.18. The van der Waals surface area contributed by atoms with Gasteiger partial charge in [0.05, 0.1) is 5.54 Å². The number of hydrogen-bond acceptors (Lipinski definition) is 4. The summed E-state index contributed by atoms with van der Waals surface area (Å²) in [6.45, 7) is 3.84. The SMILES string of the molecule is C#CC(C)(C)Nc1ccnc(N(C)C)n1. The van der Waals surface area contributed by atoms with Crippen molar-refractivity contribution in [3.63, 3.8) is 0 Å². The quantitative estimate of drug-likeness (QED) is 0.755. The van der Waals surface area contributed by atoms with Crippen molar-refractivity contribution in [3.05, 3.63) is 12.3 Å². The molecule has 0 atom stereocenters. The molecule has 0 fully saturated rings. The lowest BCUT2D eigenvalue weighted by atomic mass is 10.1. The minimum absolute atomic E-state index is 0.405. The Labute approximate surface area is 90.7 Å². The second-order valence-electron chi connectivity index (χ2n) is 4.03. The number of terminal acetylenes is 1. The molecule has 0 aromatic carbocycles. The van der Waals surface area contributed by atoms with E-state index in [0.717, 1.165) is 5.82 Å². The molecule has 0 unspecified atom stereocenters. The van der Waals surface area contributed by atoms with Crippen molar-refractivity contribution >= 4 is 11.8 Å². The third-order valence-electron chi connectivity index (χ3n) is 1.84. The highest BCUT2D eigenvalue weighted by Gasteiger charge is 2.14. The van der Waals surface area contributed by atoms with Crippen molar-refractivity contribution in [1.82, 2.24) is 9.97 Å². The van der Waals surface area contributed by atoms with E-state index in [2.05, 4.69) is 21.2 Å². The Morgan fingerprint density at radius 3 is 2.67 bits per heavy atom. The molecule has 1 aromatic heterocycles. The van der Waals surface area contributed by atoms with Gasteiger partial charge in [0, 0.05) is 20.3 Å². The molecule has 0 spiro atoms. The van der Waals surface area contributed by atoms with E-state index < -0.39 is 5.54 Å². The van der Waals surface area contributed by atoms with Gasteiger partial charge in [-0.05, 0) is 19.9 Å². The first-order valence-corrected chi connectivity index (χ1v) is 4.71. The fourth-order valence-electron chi connectivity index (χ4n) is 0.990. The average molecular weight is 204 g/mol. The van der Waals surface area contributed by atoms with Crippen LogP contribution in [0.15, 0.2) is 12.3 Å². The molecule has 80 valence electrons. The van der Waals surface area contributed by atoms with Crippen molar-refractivity contribution in [2.45, 2.75) is 19.4 Å². The molecule has 0 aliphatic heterocycles. The predicted octanol–water partition coefficient (Wildman–Crippen LogP) is 1.37. The molecular formula is C11H16N4. The summed E-state index contributed by atoms with van der Waals surface area (Å²) in [5, 5.41) is 3.15. The summed E-state index contributed by atoms with van der Waals surface area (Å²) in [5.41, 5.74) is -0.405. The van der Waals surface area contributed by atoms with E-state index in [9.17, 15) is 0 Å². The van der Waals surface area contributed by atoms with Crippen molar-refractivity contribution < 1.29 is 0 Å². The van der Waals surface area contributed by atoms with Crippen LogP contribution in [0.1, 0.15) is 13.8 Å². The summed E-state index contributed by atoms with van der Waals surface area (Å²) < 4.78 is 0. The lowest BCUT2D eigenvalue weighted by molar-refractivity contribution is 0.734. The molecule has 1 heterocycles. The summed E-state index contributed by atoms with van der Waals surface area (Å²) in [5.74, 6) is 4.05. The van der Waals surface area contributed by atoms with Gasteiger partial charge in [-0.15, -0.1) is 6.42 Å². The number of nitrogens with zero attached hydrogens (tertiary/aromatic N) is 3. The zero-order chi connectivity index (χ0) is 11.5. The van der Waals surface area contributed by atoms with E-state index in [1.54, 1.807) is 12.3 Å². The van der Waals surface area contributed by atoms with Gasteiger partial charge >= 0.3 is 0 Å². The molecule has 0 saturated heterocycles. The van der Waals surface area contributed by atoms with Crippen LogP contribution in [0, 0.1) is 12.3 Å². The molecule has 0 aliphatic carbocycles. The maximum atomic E-state index is 5.39. The van der Waals surface area contributed by atoms with Gasteiger partial charge in [0.25, 0.3) is 0 Å². The molecule has 1 aromatic rings. The van der Waals surface area contributed by atoms with Crippen LogP contribution >= 0.6 is 0 Å². The number of aromatic nitrogens is 2. The lowest BCUT2D eigenvalue weighted by Gasteiger charge is -2.21. The number of nitrogens with one attached hydrogen (secondary N) is 1. The van der Waals surface area contributed by atoms with E-state index in [4.69, 9.17) is 6.42 Å². The van der Waals surface area contributed by atoms with Gasteiger partial charge in [0.1, 0.15) is 5.82 Å². The zero-order valence-corrected chi connectivity index (χ0v) is 9.57. The van der Waals surface area contributed by atoms with Gasteiger partial charge in [-0.3, -0.25) is 0 Å². The maximum Gasteiger partial charge on any atom is 0.226 e. The zero-order valence-electron chi connectivity index (χ0n) is 9.57. The Bertz CT molecular complexity index is 376. The summed E-state index contributed by atoms with van der Waals surface area (Å²) in [4.78, 5) is 10.3. The molecule has 1 rings (SSSR count). The van der Waals surface area contributed by atoms with Crippen LogP contribution in [0.4, 0.5) is 11.8 Å². The maximum absolute atomic E-state index is 5.39. The van der Waals surface area contributed by atoms with Gasteiger partial charge in [-0.2, -0.15) is 4.98 Å². The Balaban J connectivity index is 2.88. The van der Waals surface area contributed by atoms with Crippen LogP contribution < -0.4 is 10.2 Å². The number of anilines is 2. The molecule has 0 radical (unpaired) electrons. The lowest BCUT2D eigenvalue weighted by Crippen LogP contribution is -2.29. The Kier molecular flexibility index (Phi) is 3.15. The first-order chi connectivity index (χ1) is 6.94. The van der Waals surface area contributed by atoms with E-state index in [1.165, 1.54) is 0 Å².